The van der Waals surface area contributed by atoms with E-state index in [1.165, 1.54) is 18.2 Å². The highest BCUT2D eigenvalue weighted by molar-refractivity contribution is 6.39. The smallest absolute Gasteiger partial charge is 0.484 e. The second kappa shape index (κ2) is 20.9. The van der Waals surface area contributed by atoms with E-state index < -0.39 is 147 Å². The van der Waals surface area contributed by atoms with Gasteiger partial charge in [-0.05, 0) is 24.6 Å². The van der Waals surface area contributed by atoms with Crippen molar-refractivity contribution in [1.29, 1.82) is 0 Å². The first-order chi connectivity index (χ1) is 33.0. The number of halogens is 19. The molecule has 24 heteroatoms. The number of para-hydroxylation sites is 1. The van der Waals surface area contributed by atoms with Crippen LogP contribution < -0.4 is 18.9 Å². The summed E-state index contributed by atoms with van der Waals surface area (Å²) in [5.41, 5.74) is 1.69. The largest absolute Gasteiger partial charge is 0.864 e. The van der Waals surface area contributed by atoms with Gasteiger partial charge in [0.05, 0.1) is 29.1 Å². The molecule has 0 aromatic heterocycles. The molecule has 0 saturated heterocycles. The second-order valence-corrected chi connectivity index (χ2v) is 14.1. The molecule has 7 rings (SSSR count). The van der Waals surface area contributed by atoms with Gasteiger partial charge in [-0.25, -0.2) is 53.2 Å². The van der Waals surface area contributed by atoms with Gasteiger partial charge in [-0.15, -0.1) is 6.07 Å². The molecule has 364 valence electrons. The van der Waals surface area contributed by atoms with Gasteiger partial charge in [-0.2, -0.15) is 26.3 Å². The van der Waals surface area contributed by atoms with E-state index in [-0.39, 0.29) is 5.56 Å². The van der Waals surface area contributed by atoms with Gasteiger partial charge in [-0.1, -0.05) is 60.7 Å². The van der Waals surface area contributed by atoms with Gasteiger partial charge in [0.25, 0.3) is 0 Å². The average molecular weight is 1010 g/mol. The van der Waals surface area contributed by atoms with Crippen molar-refractivity contribution in [2.75, 3.05) is 0 Å². The van der Waals surface area contributed by atoms with Gasteiger partial charge in [0.1, 0.15) is 17.1 Å². The fourth-order valence-corrected chi connectivity index (χ4v) is 6.25. The second-order valence-electron chi connectivity index (χ2n) is 14.1. The van der Waals surface area contributed by atoms with Crippen LogP contribution in [0.5, 0.6) is 17.2 Å². The standard InChI is InChI=1S/C40H20BF14NO3.C6F5/c1-3-18-11-12-19(23(15-18)56(20-7-5-4-6-8-20)21-13-9-17(2)10-14-21)16-22-24(42)32(50)38(33(51)25(22)43)57-41(58-39-34(52)28(46)26(44)29(47)35(39)53)59-40-36(54)30(48)27(45)31(49)37(40)55;7-2-1-3(8)5(10)6(11)4(2)9/h3-15H,1,16H2,2H3;/q;-1/p+1. The summed E-state index contributed by atoms with van der Waals surface area (Å²) in [5, 5.41) is 0. The van der Waals surface area contributed by atoms with Crippen molar-refractivity contribution in [2.24, 2.45) is 0 Å². The molecule has 0 radical (unpaired) electrons. The fourth-order valence-electron chi connectivity index (χ4n) is 6.25. The molecule has 0 fully saturated rings. The van der Waals surface area contributed by atoms with Crippen LogP contribution in [0.25, 0.3) is 6.08 Å². The molecule has 0 aliphatic rings. The minimum atomic E-state index is -3.72. The van der Waals surface area contributed by atoms with E-state index in [1.54, 1.807) is 60.7 Å². The van der Waals surface area contributed by atoms with Gasteiger partial charge in [0, 0.05) is 35.7 Å². The zero-order valence-corrected chi connectivity index (χ0v) is 34.4. The van der Waals surface area contributed by atoms with Crippen LogP contribution >= 0.6 is 0 Å². The van der Waals surface area contributed by atoms with Crippen LogP contribution in [0.3, 0.4) is 0 Å². The van der Waals surface area contributed by atoms with Gasteiger partial charge >= 0.3 is 7.32 Å². The van der Waals surface area contributed by atoms with Crippen molar-refractivity contribution in [3.63, 3.8) is 0 Å². The maximum Gasteiger partial charge on any atom is 0.864 e. The molecule has 7 aromatic rings. The molecule has 1 unspecified atom stereocenters. The van der Waals surface area contributed by atoms with Crippen LogP contribution in [0.2, 0.25) is 0 Å². The SMILES string of the molecule is C=Cc1ccc(Cc2c(F)c(F)c(OB(Oc3c(F)c(F)c(F)c(F)c3F)Oc3c(F)c(F)c(F)c(F)c3F)c(F)c2F)c([NH+](c2ccccc2)c2ccc(C)cc2)c1.Fc1[c-]c(F)c(F)c(F)c1F. The summed E-state index contributed by atoms with van der Waals surface area (Å²) >= 11 is 0. The Hall–Kier alpha value is -7.63. The van der Waals surface area contributed by atoms with Crippen LogP contribution in [-0.2, 0) is 6.42 Å². The number of quaternary nitrogens is 1. The molecule has 0 aliphatic heterocycles. The third-order valence-electron chi connectivity index (χ3n) is 9.69. The first-order valence-electron chi connectivity index (χ1n) is 19.0. The van der Waals surface area contributed by atoms with Crippen molar-refractivity contribution in [3.8, 4) is 17.2 Å². The summed E-state index contributed by atoms with van der Waals surface area (Å²) in [6, 6.07) is 21.2. The molecular weight excluding hydrogens is 986 g/mol. The Labute approximate surface area is 381 Å². The summed E-state index contributed by atoms with van der Waals surface area (Å²) in [6.45, 7) is 5.56. The predicted octanol–water partition coefficient (Wildman–Crippen LogP) is 13.1. The lowest BCUT2D eigenvalue weighted by molar-refractivity contribution is -0.681. The Morgan fingerprint density at radius 3 is 1.24 bits per heavy atom. The highest BCUT2D eigenvalue weighted by atomic mass is 19.2. The molecule has 7 aromatic carbocycles. The number of rotatable bonds is 12. The number of benzene rings is 7. The monoisotopic (exact) mass is 1010 g/mol. The predicted molar refractivity (Wildman–Crippen MR) is 208 cm³/mol. The molecule has 70 heavy (non-hydrogen) atoms. The third kappa shape index (κ3) is 10.1. The number of hydrogen-bond donors (Lipinski definition) is 1. The van der Waals surface area contributed by atoms with E-state index in [2.05, 4.69) is 20.5 Å². The van der Waals surface area contributed by atoms with E-state index >= 15 is 17.6 Å². The minimum Gasteiger partial charge on any atom is -0.484 e. The highest BCUT2D eigenvalue weighted by Gasteiger charge is 2.42. The zero-order valence-electron chi connectivity index (χ0n) is 34.4. The first-order valence-corrected chi connectivity index (χ1v) is 19.0. The van der Waals surface area contributed by atoms with Crippen LogP contribution in [0.1, 0.15) is 22.3 Å². The molecule has 1 atom stereocenters. The molecule has 0 heterocycles. The van der Waals surface area contributed by atoms with E-state index in [1.807, 2.05) is 6.92 Å². The van der Waals surface area contributed by atoms with Gasteiger partial charge < -0.3 is 14.0 Å². The summed E-state index contributed by atoms with van der Waals surface area (Å²) in [5.74, 6) is -54.7. The Bertz CT molecular complexity index is 2980. The number of nitrogens with one attached hydrogen (secondary N) is 1. The Balaban J connectivity index is 0.000000643. The molecule has 0 saturated carbocycles. The first kappa shape index (κ1) is 51.8. The topological polar surface area (TPSA) is 32.1 Å². The Kier molecular flexibility index (Phi) is 15.5. The van der Waals surface area contributed by atoms with Gasteiger partial charge in [0.15, 0.2) is 28.9 Å². The molecular formula is C46H21BF19NO3. The zero-order chi connectivity index (χ0) is 51.6. The van der Waals surface area contributed by atoms with Crippen LogP contribution in [0, 0.1) is 124 Å². The van der Waals surface area contributed by atoms with E-state index in [9.17, 15) is 65.9 Å². The van der Waals surface area contributed by atoms with Gasteiger partial charge in [-0.3, -0.25) is 8.78 Å². The highest BCUT2D eigenvalue weighted by Crippen LogP contribution is 2.37. The van der Waals surface area contributed by atoms with E-state index in [0.717, 1.165) is 11.6 Å². The fraction of sp³-hybridized carbons (Fsp3) is 0.0435. The Morgan fingerprint density at radius 1 is 0.457 bits per heavy atom. The summed E-state index contributed by atoms with van der Waals surface area (Å²) in [4.78, 5) is 0.504. The molecule has 0 spiro atoms. The Morgan fingerprint density at radius 2 is 0.829 bits per heavy atom. The quantitative estimate of drug-likeness (QED) is 0.0435. The summed E-state index contributed by atoms with van der Waals surface area (Å²) < 4.78 is 278. The van der Waals surface area contributed by atoms with Crippen LogP contribution in [0.4, 0.5) is 100 Å². The summed E-state index contributed by atoms with van der Waals surface area (Å²) in [6.07, 6.45) is 0.545. The van der Waals surface area contributed by atoms with Crippen LogP contribution in [-0.4, -0.2) is 7.32 Å². The average Bonchev–Trinajstić information content (AvgIpc) is 3.36. The van der Waals surface area contributed by atoms with E-state index in [4.69, 9.17) is 0 Å². The molecule has 1 N–H and O–H groups in total. The van der Waals surface area contributed by atoms with Crippen molar-refractivity contribution >= 4 is 30.5 Å². The minimum absolute atomic E-state index is 0.0717. The maximum absolute atomic E-state index is 15.9. The number of hydrogen-bond acceptors (Lipinski definition) is 3. The van der Waals surface area contributed by atoms with Crippen molar-refractivity contribution in [2.45, 2.75) is 13.3 Å². The van der Waals surface area contributed by atoms with Crippen molar-refractivity contribution in [1.82, 2.24) is 0 Å². The van der Waals surface area contributed by atoms with E-state index in [0.29, 0.717) is 27.5 Å². The van der Waals surface area contributed by atoms with Crippen molar-refractivity contribution < 1.29 is 102 Å². The third-order valence-corrected chi connectivity index (χ3v) is 9.69. The summed E-state index contributed by atoms with van der Waals surface area (Å²) in [7, 11) is -3.72. The van der Waals surface area contributed by atoms with Gasteiger partial charge in [0.2, 0.25) is 69.8 Å². The molecule has 0 amide bonds. The lowest BCUT2D eigenvalue weighted by atomic mass is 9.98. The van der Waals surface area contributed by atoms with Crippen molar-refractivity contribution in [3.05, 3.63) is 218 Å². The molecule has 0 bridgehead atoms. The lowest BCUT2D eigenvalue weighted by Crippen LogP contribution is -2.97. The lowest BCUT2D eigenvalue weighted by Gasteiger charge is -2.22. The number of aryl methyl sites for hydroxylation is 1. The maximum atomic E-state index is 15.9. The molecule has 0 aliphatic carbocycles. The normalized spacial score (nSPS) is 11.5. The van der Waals surface area contributed by atoms with Crippen LogP contribution in [0.15, 0.2) is 79.4 Å². The molecule has 4 nitrogen and oxygen atoms in total.